The van der Waals surface area contributed by atoms with E-state index in [4.69, 9.17) is 0 Å². The largest absolute Gasteiger partial charge is 0.359 e. The summed E-state index contributed by atoms with van der Waals surface area (Å²) in [6.45, 7) is 9.95. The molecule has 0 spiro atoms. The van der Waals surface area contributed by atoms with Gasteiger partial charge in [-0.3, -0.25) is 9.59 Å². The van der Waals surface area contributed by atoms with Crippen molar-refractivity contribution in [2.24, 2.45) is 5.41 Å². The number of amides is 2. The van der Waals surface area contributed by atoms with Gasteiger partial charge in [-0.25, -0.2) is 0 Å². The number of carbonyl (C=O) groups excluding carboxylic acids is 2. The summed E-state index contributed by atoms with van der Waals surface area (Å²) >= 11 is 0. The summed E-state index contributed by atoms with van der Waals surface area (Å²) < 4.78 is 0. The van der Waals surface area contributed by atoms with Gasteiger partial charge in [0.1, 0.15) is 0 Å². The van der Waals surface area contributed by atoms with Crippen molar-refractivity contribution in [1.82, 2.24) is 16.0 Å². The van der Waals surface area contributed by atoms with E-state index in [-0.39, 0.29) is 23.9 Å². The van der Waals surface area contributed by atoms with Crippen molar-refractivity contribution in [3.05, 3.63) is 0 Å². The van der Waals surface area contributed by atoms with Crippen LogP contribution in [-0.2, 0) is 9.59 Å². The molecular formula is C13H27N3O2. The highest BCUT2D eigenvalue weighted by Gasteiger charge is 2.27. The van der Waals surface area contributed by atoms with Crippen molar-refractivity contribution in [1.29, 1.82) is 0 Å². The molecule has 2 unspecified atom stereocenters. The van der Waals surface area contributed by atoms with Crippen LogP contribution in [0.15, 0.2) is 0 Å². The van der Waals surface area contributed by atoms with Gasteiger partial charge in [-0.05, 0) is 34.1 Å². The topological polar surface area (TPSA) is 70.2 Å². The molecule has 0 aromatic rings. The second-order valence-corrected chi connectivity index (χ2v) is 5.38. The van der Waals surface area contributed by atoms with Crippen LogP contribution in [0.25, 0.3) is 0 Å². The molecule has 2 amide bonds. The van der Waals surface area contributed by atoms with Gasteiger partial charge in [0.05, 0.1) is 11.5 Å². The number of nitrogens with one attached hydrogen (secondary N) is 3. The molecule has 0 saturated heterocycles. The molecule has 5 nitrogen and oxygen atoms in total. The van der Waals surface area contributed by atoms with Gasteiger partial charge >= 0.3 is 0 Å². The van der Waals surface area contributed by atoms with Crippen molar-refractivity contribution < 1.29 is 9.59 Å². The highest BCUT2D eigenvalue weighted by atomic mass is 16.2. The Labute approximate surface area is 110 Å². The van der Waals surface area contributed by atoms with Gasteiger partial charge in [0, 0.05) is 19.6 Å². The lowest BCUT2D eigenvalue weighted by Crippen LogP contribution is -2.50. The lowest BCUT2D eigenvalue weighted by molar-refractivity contribution is -0.129. The Kier molecular flexibility index (Phi) is 6.91. The minimum Gasteiger partial charge on any atom is -0.359 e. The minimum atomic E-state index is -0.528. The Morgan fingerprint density at radius 3 is 2.22 bits per heavy atom. The highest BCUT2D eigenvalue weighted by molar-refractivity contribution is 5.83. The fraction of sp³-hybridized carbons (Fsp3) is 0.846. The number of rotatable bonds is 7. The Morgan fingerprint density at radius 1 is 1.22 bits per heavy atom. The molecule has 0 saturated carbocycles. The first-order valence-electron chi connectivity index (χ1n) is 6.50. The van der Waals surface area contributed by atoms with Crippen LogP contribution in [0, 0.1) is 5.41 Å². The molecule has 0 bridgehead atoms. The molecule has 5 heteroatoms. The lowest BCUT2D eigenvalue weighted by atomic mass is 9.92. The Hall–Kier alpha value is -1.10. The first kappa shape index (κ1) is 16.9. The van der Waals surface area contributed by atoms with Crippen LogP contribution in [0.3, 0.4) is 0 Å². The number of hydrogen-bond donors (Lipinski definition) is 3. The summed E-state index contributed by atoms with van der Waals surface area (Å²) in [4.78, 5) is 23.4. The van der Waals surface area contributed by atoms with Gasteiger partial charge in [-0.15, -0.1) is 0 Å². The molecule has 0 heterocycles. The standard InChI is InChI=1S/C13H27N3O2/c1-7-9(2)16-11(17)10(3)15-8-13(4,5)12(18)14-6/h9-10,15H,7-8H2,1-6H3,(H,14,18)(H,16,17). The van der Waals surface area contributed by atoms with Crippen LogP contribution in [0.5, 0.6) is 0 Å². The third-order valence-corrected chi connectivity index (χ3v) is 3.09. The molecule has 0 rings (SSSR count). The zero-order valence-electron chi connectivity index (χ0n) is 12.4. The molecule has 0 aliphatic carbocycles. The van der Waals surface area contributed by atoms with Crippen LogP contribution in [0.4, 0.5) is 0 Å². The average molecular weight is 257 g/mol. The van der Waals surface area contributed by atoms with Crippen molar-refractivity contribution in [2.75, 3.05) is 13.6 Å². The molecule has 0 aromatic carbocycles. The summed E-state index contributed by atoms with van der Waals surface area (Å²) in [7, 11) is 1.61. The van der Waals surface area contributed by atoms with E-state index in [1.807, 2.05) is 27.7 Å². The first-order chi connectivity index (χ1) is 8.24. The molecule has 2 atom stereocenters. The molecule has 0 aliphatic rings. The molecule has 0 fully saturated rings. The van der Waals surface area contributed by atoms with E-state index < -0.39 is 5.41 Å². The van der Waals surface area contributed by atoms with E-state index in [0.29, 0.717) is 6.54 Å². The normalized spacial score (nSPS) is 14.8. The molecule has 0 aliphatic heterocycles. The van der Waals surface area contributed by atoms with Gasteiger partial charge in [-0.1, -0.05) is 6.92 Å². The fourth-order valence-electron chi connectivity index (χ4n) is 1.39. The monoisotopic (exact) mass is 257 g/mol. The molecule has 3 N–H and O–H groups in total. The maximum Gasteiger partial charge on any atom is 0.237 e. The molecule has 0 aromatic heterocycles. The summed E-state index contributed by atoms with van der Waals surface area (Å²) in [6, 6.07) is -0.128. The van der Waals surface area contributed by atoms with Crippen LogP contribution in [-0.4, -0.2) is 37.5 Å². The second-order valence-electron chi connectivity index (χ2n) is 5.38. The highest BCUT2D eigenvalue weighted by Crippen LogP contribution is 2.13. The predicted octanol–water partition coefficient (Wildman–Crippen LogP) is 0.651. The van der Waals surface area contributed by atoms with E-state index >= 15 is 0 Å². The maximum absolute atomic E-state index is 11.8. The van der Waals surface area contributed by atoms with Gasteiger partial charge in [0.2, 0.25) is 11.8 Å². The lowest BCUT2D eigenvalue weighted by Gasteiger charge is -2.25. The van der Waals surface area contributed by atoms with E-state index in [1.54, 1.807) is 14.0 Å². The Morgan fingerprint density at radius 2 is 1.78 bits per heavy atom. The van der Waals surface area contributed by atoms with Gasteiger partial charge in [-0.2, -0.15) is 0 Å². The van der Waals surface area contributed by atoms with Crippen molar-refractivity contribution in [3.8, 4) is 0 Å². The second kappa shape index (κ2) is 7.36. The Balaban J connectivity index is 4.21. The summed E-state index contributed by atoms with van der Waals surface area (Å²) in [6.07, 6.45) is 0.905. The van der Waals surface area contributed by atoms with E-state index in [0.717, 1.165) is 6.42 Å². The van der Waals surface area contributed by atoms with Gasteiger partial charge < -0.3 is 16.0 Å². The summed E-state index contributed by atoms with van der Waals surface area (Å²) in [5.41, 5.74) is -0.528. The zero-order chi connectivity index (χ0) is 14.3. The van der Waals surface area contributed by atoms with E-state index in [2.05, 4.69) is 16.0 Å². The number of hydrogen-bond acceptors (Lipinski definition) is 3. The zero-order valence-corrected chi connectivity index (χ0v) is 12.4. The van der Waals surface area contributed by atoms with Gasteiger partial charge in [0.15, 0.2) is 0 Å². The molecular weight excluding hydrogens is 230 g/mol. The predicted molar refractivity (Wildman–Crippen MR) is 73.2 cm³/mol. The SMILES string of the molecule is CCC(C)NC(=O)C(C)NCC(C)(C)C(=O)NC. The molecule has 18 heavy (non-hydrogen) atoms. The van der Waals surface area contributed by atoms with E-state index in [1.165, 1.54) is 0 Å². The first-order valence-corrected chi connectivity index (χ1v) is 6.50. The summed E-state index contributed by atoms with van der Waals surface area (Å²) in [5.74, 6) is -0.0680. The third kappa shape index (κ3) is 5.49. The van der Waals surface area contributed by atoms with E-state index in [9.17, 15) is 9.59 Å². The molecule has 106 valence electrons. The Bertz CT molecular complexity index is 290. The van der Waals surface area contributed by atoms with Crippen molar-refractivity contribution in [2.45, 2.75) is 53.1 Å². The van der Waals surface area contributed by atoms with Crippen LogP contribution in [0.2, 0.25) is 0 Å². The third-order valence-electron chi connectivity index (χ3n) is 3.09. The minimum absolute atomic E-state index is 0.0305. The van der Waals surface area contributed by atoms with Crippen LogP contribution < -0.4 is 16.0 Å². The molecule has 0 radical (unpaired) electrons. The quantitative estimate of drug-likeness (QED) is 0.627. The van der Waals surface area contributed by atoms with Gasteiger partial charge in [0.25, 0.3) is 0 Å². The number of carbonyl (C=O) groups is 2. The van der Waals surface area contributed by atoms with Crippen molar-refractivity contribution >= 4 is 11.8 Å². The fourth-order valence-corrected chi connectivity index (χ4v) is 1.39. The van der Waals surface area contributed by atoms with Crippen LogP contribution in [0.1, 0.15) is 41.0 Å². The maximum atomic E-state index is 11.8. The average Bonchev–Trinajstić information content (AvgIpc) is 2.34. The smallest absolute Gasteiger partial charge is 0.237 e. The van der Waals surface area contributed by atoms with Crippen molar-refractivity contribution in [3.63, 3.8) is 0 Å². The summed E-state index contributed by atoms with van der Waals surface area (Å²) in [5, 5.41) is 8.62. The van der Waals surface area contributed by atoms with Crippen LogP contribution >= 0.6 is 0 Å².